The second kappa shape index (κ2) is 6.91. The van der Waals surface area contributed by atoms with Gasteiger partial charge in [0.1, 0.15) is 17.2 Å². The number of aryl methyl sites for hydroxylation is 1. The Morgan fingerprint density at radius 3 is 2.71 bits per heavy atom. The number of halogens is 2. The molecule has 1 amide bonds. The second-order valence-corrected chi connectivity index (χ2v) is 5.16. The van der Waals surface area contributed by atoms with E-state index in [2.05, 4.69) is 5.32 Å². The lowest BCUT2D eigenvalue weighted by Crippen LogP contribution is -2.38. The van der Waals surface area contributed by atoms with E-state index in [9.17, 15) is 9.18 Å². The molecule has 3 N–H and O–H groups in total. The fourth-order valence-corrected chi connectivity index (χ4v) is 1.98. The van der Waals surface area contributed by atoms with Crippen LogP contribution in [0.1, 0.15) is 25.2 Å². The smallest absolute Gasteiger partial charge is 0.224 e. The monoisotopic (exact) mass is 314 g/mol. The fraction of sp³-hybridized carbons (Fsp3) is 0.400. The molecule has 0 spiro atoms. The van der Waals surface area contributed by atoms with E-state index in [1.807, 2.05) is 6.92 Å². The summed E-state index contributed by atoms with van der Waals surface area (Å²) in [5.41, 5.74) is 7.15. The van der Waals surface area contributed by atoms with Gasteiger partial charge in [-0.15, -0.1) is 12.4 Å². The number of amides is 1. The van der Waals surface area contributed by atoms with Gasteiger partial charge in [0.05, 0.1) is 6.54 Å². The SMILES string of the molecule is Cc1c(CNC(=O)C(C)C(C)N)oc2ccc(F)cc12.Cl. The van der Waals surface area contributed by atoms with E-state index in [1.165, 1.54) is 12.1 Å². The van der Waals surface area contributed by atoms with Crippen molar-refractivity contribution in [3.8, 4) is 0 Å². The maximum atomic E-state index is 13.2. The molecule has 2 rings (SSSR count). The summed E-state index contributed by atoms with van der Waals surface area (Å²) in [7, 11) is 0. The Bertz CT molecular complexity index is 640. The minimum atomic E-state index is -0.303. The van der Waals surface area contributed by atoms with Gasteiger partial charge in [0.2, 0.25) is 5.91 Å². The summed E-state index contributed by atoms with van der Waals surface area (Å²) in [6.45, 7) is 5.69. The van der Waals surface area contributed by atoms with Gasteiger partial charge in [0.15, 0.2) is 0 Å². The van der Waals surface area contributed by atoms with Crippen molar-refractivity contribution in [2.75, 3.05) is 0 Å². The van der Waals surface area contributed by atoms with E-state index in [4.69, 9.17) is 10.2 Å². The maximum absolute atomic E-state index is 13.2. The number of fused-ring (bicyclic) bond motifs is 1. The van der Waals surface area contributed by atoms with Gasteiger partial charge >= 0.3 is 0 Å². The summed E-state index contributed by atoms with van der Waals surface area (Å²) in [4.78, 5) is 11.8. The van der Waals surface area contributed by atoms with Crippen molar-refractivity contribution in [2.24, 2.45) is 11.7 Å². The molecule has 6 heteroatoms. The van der Waals surface area contributed by atoms with E-state index in [0.717, 1.165) is 10.9 Å². The largest absolute Gasteiger partial charge is 0.459 e. The lowest BCUT2D eigenvalue weighted by atomic mass is 10.0. The van der Waals surface area contributed by atoms with Crippen LogP contribution >= 0.6 is 12.4 Å². The topological polar surface area (TPSA) is 68.3 Å². The van der Waals surface area contributed by atoms with Crippen LogP contribution in [-0.4, -0.2) is 11.9 Å². The van der Waals surface area contributed by atoms with Crippen LogP contribution in [0.5, 0.6) is 0 Å². The van der Waals surface area contributed by atoms with Crippen LogP contribution in [-0.2, 0) is 11.3 Å². The Morgan fingerprint density at radius 1 is 1.43 bits per heavy atom. The van der Waals surface area contributed by atoms with Gasteiger partial charge in [-0.2, -0.15) is 0 Å². The molecule has 116 valence electrons. The van der Waals surface area contributed by atoms with Crippen LogP contribution in [0.3, 0.4) is 0 Å². The number of carbonyl (C=O) groups excluding carboxylic acids is 1. The molecule has 21 heavy (non-hydrogen) atoms. The summed E-state index contributed by atoms with van der Waals surface area (Å²) in [6.07, 6.45) is 0. The summed E-state index contributed by atoms with van der Waals surface area (Å²) < 4.78 is 18.8. The zero-order valence-electron chi connectivity index (χ0n) is 12.3. The first kappa shape index (κ1) is 17.5. The zero-order chi connectivity index (χ0) is 14.9. The lowest BCUT2D eigenvalue weighted by Gasteiger charge is -2.14. The van der Waals surface area contributed by atoms with Crippen molar-refractivity contribution in [3.63, 3.8) is 0 Å². The number of hydrogen-bond acceptors (Lipinski definition) is 3. The third-order valence-corrected chi connectivity index (χ3v) is 3.62. The minimum absolute atomic E-state index is 0. The first-order valence-corrected chi connectivity index (χ1v) is 6.61. The number of hydrogen-bond donors (Lipinski definition) is 2. The highest BCUT2D eigenvalue weighted by molar-refractivity contribution is 5.85. The highest BCUT2D eigenvalue weighted by Gasteiger charge is 2.18. The van der Waals surface area contributed by atoms with Crippen LogP contribution in [0.25, 0.3) is 11.0 Å². The summed E-state index contributed by atoms with van der Waals surface area (Å²) in [5, 5.41) is 3.52. The molecule has 0 bridgehead atoms. The Kier molecular flexibility index (Phi) is 5.75. The number of nitrogens with two attached hydrogens (primary N) is 1. The van der Waals surface area contributed by atoms with Crippen LogP contribution < -0.4 is 11.1 Å². The third kappa shape index (κ3) is 3.74. The van der Waals surface area contributed by atoms with E-state index in [1.54, 1.807) is 19.9 Å². The zero-order valence-corrected chi connectivity index (χ0v) is 13.1. The van der Waals surface area contributed by atoms with E-state index >= 15 is 0 Å². The summed E-state index contributed by atoms with van der Waals surface area (Å²) in [6, 6.07) is 4.17. The van der Waals surface area contributed by atoms with Gasteiger partial charge in [-0.3, -0.25) is 4.79 Å². The lowest BCUT2D eigenvalue weighted by molar-refractivity contribution is -0.125. The number of benzene rings is 1. The molecule has 2 unspecified atom stereocenters. The molecule has 0 radical (unpaired) electrons. The first-order valence-electron chi connectivity index (χ1n) is 6.61. The van der Waals surface area contributed by atoms with Crippen molar-refractivity contribution in [3.05, 3.63) is 35.3 Å². The number of carbonyl (C=O) groups is 1. The molecule has 1 aromatic heterocycles. The molecule has 4 nitrogen and oxygen atoms in total. The van der Waals surface area contributed by atoms with E-state index in [-0.39, 0.29) is 42.6 Å². The van der Waals surface area contributed by atoms with Gasteiger partial charge in [-0.25, -0.2) is 4.39 Å². The highest BCUT2D eigenvalue weighted by Crippen LogP contribution is 2.25. The Hall–Kier alpha value is -1.59. The molecular weight excluding hydrogens is 295 g/mol. The van der Waals surface area contributed by atoms with Crippen molar-refractivity contribution in [1.82, 2.24) is 5.32 Å². The highest BCUT2D eigenvalue weighted by atomic mass is 35.5. The third-order valence-electron chi connectivity index (χ3n) is 3.62. The van der Waals surface area contributed by atoms with Crippen LogP contribution in [0.15, 0.2) is 22.6 Å². The van der Waals surface area contributed by atoms with Crippen molar-refractivity contribution >= 4 is 29.3 Å². The normalized spacial score (nSPS) is 13.6. The van der Waals surface area contributed by atoms with Crippen LogP contribution in [0.4, 0.5) is 4.39 Å². The maximum Gasteiger partial charge on any atom is 0.224 e. The molecule has 0 aliphatic heterocycles. The van der Waals surface area contributed by atoms with Gasteiger partial charge in [-0.05, 0) is 32.0 Å². The minimum Gasteiger partial charge on any atom is -0.459 e. The Morgan fingerprint density at radius 2 is 2.10 bits per heavy atom. The van der Waals surface area contributed by atoms with E-state index < -0.39 is 0 Å². The summed E-state index contributed by atoms with van der Waals surface area (Å²) >= 11 is 0. The van der Waals surface area contributed by atoms with Gasteiger partial charge in [-0.1, -0.05) is 6.92 Å². The summed E-state index contributed by atoms with van der Waals surface area (Å²) in [5.74, 6) is -0.0541. The predicted molar refractivity (Wildman–Crippen MR) is 82.8 cm³/mol. The molecule has 2 aromatic rings. The fourth-order valence-electron chi connectivity index (χ4n) is 1.98. The average molecular weight is 315 g/mol. The van der Waals surface area contributed by atoms with Gasteiger partial charge in [0, 0.05) is 22.9 Å². The molecule has 0 aliphatic carbocycles. The second-order valence-electron chi connectivity index (χ2n) is 5.16. The standard InChI is InChI=1S/C15H19FN2O2.ClH/c1-8(10(3)17)15(19)18-7-14-9(2)12-6-11(16)4-5-13(12)20-14;/h4-6,8,10H,7,17H2,1-3H3,(H,18,19);1H. The molecule has 1 aromatic carbocycles. The molecular formula is C15H20ClFN2O2. The van der Waals surface area contributed by atoms with Crippen molar-refractivity contribution in [1.29, 1.82) is 0 Å². The number of furan rings is 1. The Balaban J connectivity index is 0.00000220. The van der Waals surface area contributed by atoms with Crippen LogP contribution in [0.2, 0.25) is 0 Å². The molecule has 0 saturated carbocycles. The van der Waals surface area contributed by atoms with Crippen molar-refractivity contribution in [2.45, 2.75) is 33.4 Å². The molecule has 0 saturated heterocycles. The molecule has 2 atom stereocenters. The van der Waals surface area contributed by atoms with Crippen molar-refractivity contribution < 1.29 is 13.6 Å². The first-order chi connectivity index (χ1) is 9.40. The Labute approximate surface area is 129 Å². The average Bonchev–Trinajstić information content (AvgIpc) is 2.72. The number of rotatable bonds is 4. The predicted octanol–water partition coefficient (Wildman–Crippen LogP) is 2.90. The molecule has 1 heterocycles. The van der Waals surface area contributed by atoms with E-state index in [0.29, 0.717) is 11.3 Å². The number of nitrogens with one attached hydrogen (secondary N) is 1. The quantitative estimate of drug-likeness (QED) is 0.911. The molecule has 0 fully saturated rings. The van der Waals surface area contributed by atoms with Gasteiger partial charge in [0.25, 0.3) is 0 Å². The van der Waals surface area contributed by atoms with Gasteiger partial charge < -0.3 is 15.5 Å². The molecule has 0 aliphatic rings. The van der Waals surface area contributed by atoms with Crippen LogP contribution in [0, 0.1) is 18.7 Å².